The van der Waals surface area contributed by atoms with Crippen molar-refractivity contribution in [2.24, 2.45) is 5.73 Å². The summed E-state index contributed by atoms with van der Waals surface area (Å²) in [7, 11) is 0. The number of carbonyl (C=O) groups excluding carboxylic acids is 1. The van der Waals surface area contributed by atoms with Crippen LogP contribution in [0.15, 0.2) is 51.7 Å². The molecule has 0 atom stereocenters. The average Bonchev–Trinajstić information content (AvgIpc) is 2.66. The lowest BCUT2D eigenvalue weighted by atomic mass is 10.1. The number of nitrogens with one attached hydrogen (secondary N) is 1. The highest BCUT2D eigenvalue weighted by molar-refractivity contribution is 9.10. The van der Waals surface area contributed by atoms with Crippen molar-refractivity contribution in [1.29, 1.82) is 5.41 Å². The molecular weight excluding hydrogens is 380 g/mol. The number of rotatable bonds is 3. The Morgan fingerprint density at radius 2 is 1.68 bits per heavy atom. The molecule has 1 aromatic carbocycles. The normalized spacial score (nSPS) is 10.1. The highest BCUT2D eigenvalue weighted by Crippen LogP contribution is 2.09. The summed E-state index contributed by atoms with van der Waals surface area (Å²) in [5, 5.41) is 16.2. The molecule has 4 nitrogen and oxygen atoms in total. The number of terminal acetylenes is 1. The summed E-state index contributed by atoms with van der Waals surface area (Å²) < 4.78 is 0.942. The molecule has 0 saturated carbocycles. The van der Waals surface area contributed by atoms with Crippen LogP contribution in [0.5, 0.6) is 0 Å². The Hall–Kier alpha value is -2.32. The minimum atomic E-state index is -0.396. The minimum Gasteiger partial charge on any atom is -0.506 e. The molecule has 0 fully saturated rings. The Morgan fingerprint density at radius 3 is 1.96 bits per heavy atom. The van der Waals surface area contributed by atoms with Gasteiger partial charge in [-0.3, -0.25) is 4.79 Å². The van der Waals surface area contributed by atoms with Crippen molar-refractivity contribution in [3.63, 3.8) is 0 Å². The van der Waals surface area contributed by atoms with Crippen molar-refractivity contribution < 1.29 is 9.90 Å². The van der Waals surface area contributed by atoms with Gasteiger partial charge in [0.25, 0.3) is 0 Å². The number of benzene rings is 1. The maximum absolute atomic E-state index is 10.5. The van der Waals surface area contributed by atoms with Crippen LogP contribution in [0.4, 0.5) is 0 Å². The summed E-state index contributed by atoms with van der Waals surface area (Å²) in [6.07, 6.45) is 7.74. The molecule has 0 bridgehead atoms. The predicted octanol–water partition coefficient (Wildman–Crippen LogP) is 5.65. The number of amides is 1. The van der Waals surface area contributed by atoms with Crippen LogP contribution in [0, 0.1) is 17.8 Å². The molecule has 0 aliphatic carbocycles. The summed E-state index contributed by atoms with van der Waals surface area (Å²) in [5.41, 5.74) is 6.43. The van der Waals surface area contributed by atoms with Crippen molar-refractivity contribution in [1.82, 2.24) is 0 Å². The van der Waals surface area contributed by atoms with Gasteiger partial charge in [-0.05, 0) is 38.1 Å². The summed E-state index contributed by atoms with van der Waals surface area (Å²) in [6.45, 7) is 11.4. The summed E-state index contributed by atoms with van der Waals surface area (Å²) >= 11 is 3.24. The zero-order valence-corrected chi connectivity index (χ0v) is 17.4. The Kier molecular flexibility index (Phi) is 19.8. The van der Waals surface area contributed by atoms with Crippen LogP contribution < -0.4 is 5.73 Å². The fraction of sp³-hybridized carbons (Fsp3) is 0.300. The van der Waals surface area contributed by atoms with Gasteiger partial charge in [-0.25, -0.2) is 0 Å². The molecule has 0 spiro atoms. The van der Waals surface area contributed by atoms with Crippen molar-refractivity contribution in [3.8, 4) is 12.3 Å². The Bertz CT molecular complexity index is 610. The van der Waals surface area contributed by atoms with E-state index in [0.29, 0.717) is 16.7 Å². The number of halogens is 1. The maximum atomic E-state index is 10.5. The van der Waals surface area contributed by atoms with Crippen LogP contribution in [0.25, 0.3) is 0 Å². The van der Waals surface area contributed by atoms with Crippen LogP contribution >= 0.6 is 15.9 Å². The lowest BCUT2D eigenvalue weighted by Crippen LogP contribution is -2.10. The van der Waals surface area contributed by atoms with E-state index in [9.17, 15) is 9.90 Å². The third-order valence-corrected chi connectivity index (χ3v) is 2.97. The number of hydrogen-bond donors (Lipinski definition) is 3. The number of allylic oxidation sites excluding steroid dienone is 3. The largest absolute Gasteiger partial charge is 0.506 e. The Morgan fingerprint density at radius 1 is 1.24 bits per heavy atom. The van der Waals surface area contributed by atoms with Crippen molar-refractivity contribution in [2.75, 3.05) is 0 Å². The number of carbonyl (C=O) groups is 1. The third kappa shape index (κ3) is 12.7. The van der Waals surface area contributed by atoms with Crippen LogP contribution in [0.3, 0.4) is 0 Å². The number of aliphatic hydroxyl groups is 1. The molecule has 5 heteroatoms. The van der Waals surface area contributed by atoms with Crippen molar-refractivity contribution in [2.45, 2.75) is 41.5 Å². The Labute approximate surface area is 160 Å². The van der Waals surface area contributed by atoms with Crippen LogP contribution in [-0.2, 0) is 0 Å². The van der Waals surface area contributed by atoms with Crippen LogP contribution in [0.2, 0.25) is 0 Å². The fourth-order valence-electron chi connectivity index (χ4n) is 1.19. The van der Waals surface area contributed by atoms with E-state index in [1.807, 2.05) is 27.7 Å². The van der Waals surface area contributed by atoms with Gasteiger partial charge < -0.3 is 16.2 Å². The zero-order valence-electron chi connectivity index (χ0n) is 15.9. The van der Waals surface area contributed by atoms with Gasteiger partial charge in [0.2, 0.25) is 5.91 Å². The maximum Gasteiger partial charge on any atom is 0.248 e. The van der Waals surface area contributed by atoms with E-state index in [1.165, 1.54) is 0 Å². The third-order valence-electron chi connectivity index (χ3n) is 2.44. The van der Waals surface area contributed by atoms with Gasteiger partial charge in [0.1, 0.15) is 5.76 Å². The number of primary amides is 1. The van der Waals surface area contributed by atoms with Gasteiger partial charge in [-0.15, -0.1) is 6.42 Å². The number of hydrogen-bond acceptors (Lipinski definition) is 3. The van der Waals surface area contributed by atoms with E-state index in [2.05, 4.69) is 21.9 Å². The zero-order chi connectivity index (χ0) is 20.4. The molecular formula is C20H29BrN2O2. The first-order valence-corrected chi connectivity index (χ1v) is 8.75. The summed E-state index contributed by atoms with van der Waals surface area (Å²) in [5.74, 6) is 1.91. The molecule has 0 heterocycles. The van der Waals surface area contributed by atoms with E-state index >= 15 is 0 Å². The SMILES string of the molecule is C#C/C(C)=C(O)/C(C=N)=C\C.CC.CC.NC(=O)c1ccc(Br)cc1. The number of nitrogens with two attached hydrogens (primary N) is 1. The van der Waals surface area contributed by atoms with Gasteiger partial charge in [0.05, 0.1) is 0 Å². The van der Waals surface area contributed by atoms with Gasteiger partial charge in [0.15, 0.2) is 0 Å². The van der Waals surface area contributed by atoms with Crippen molar-refractivity contribution >= 4 is 28.1 Å². The number of aliphatic hydroxyl groups excluding tert-OH is 1. The fourth-order valence-corrected chi connectivity index (χ4v) is 1.45. The molecule has 1 amide bonds. The molecule has 0 aliphatic rings. The standard InChI is InChI=1S/C9H11NO.C7H6BrNO.2C2H6/c1-4-7(3)9(11)8(5-2)6-10;8-6-3-1-5(2-4-6)7(9)10;2*1-2/h1,5-6,10-11H,2-3H3;1-4H,(H2,9,10);2*1-2H3/b8-5-,9-7-,10-6?;;;. The molecule has 1 aromatic rings. The van der Waals surface area contributed by atoms with E-state index < -0.39 is 5.91 Å². The van der Waals surface area contributed by atoms with E-state index in [4.69, 9.17) is 17.6 Å². The van der Waals surface area contributed by atoms with Crippen molar-refractivity contribution in [3.05, 3.63) is 57.3 Å². The lowest BCUT2D eigenvalue weighted by Gasteiger charge is -1.99. The summed E-state index contributed by atoms with van der Waals surface area (Å²) in [4.78, 5) is 10.5. The molecule has 138 valence electrons. The predicted molar refractivity (Wildman–Crippen MR) is 112 cm³/mol. The molecule has 0 unspecified atom stereocenters. The molecule has 0 saturated heterocycles. The van der Waals surface area contributed by atoms with Crippen LogP contribution in [0.1, 0.15) is 51.9 Å². The second kappa shape index (κ2) is 18.0. The second-order valence-electron chi connectivity index (χ2n) is 3.88. The van der Waals surface area contributed by atoms with Crippen LogP contribution in [-0.4, -0.2) is 17.2 Å². The lowest BCUT2D eigenvalue weighted by molar-refractivity contribution is 0.100. The molecule has 1 rings (SSSR count). The molecule has 25 heavy (non-hydrogen) atoms. The van der Waals surface area contributed by atoms with E-state index in [0.717, 1.165) is 10.7 Å². The van der Waals surface area contributed by atoms with Gasteiger partial charge >= 0.3 is 0 Å². The molecule has 0 aliphatic heterocycles. The first kappa shape index (κ1) is 27.5. The molecule has 0 aromatic heterocycles. The molecule has 4 N–H and O–H groups in total. The topological polar surface area (TPSA) is 87.2 Å². The Balaban J connectivity index is -0.000000323. The highest BCUT2D eigenvalue weighted by atomic mass is 79.9. The first-order chi connectivity index (χ1) is 11.9. The van der Waals surface area contributed by atoms with E-state index in [1.54, 1.807) is 44.2 Å². The average molecular weight is 409 g/mol. The smallest absolute Gasteiger partial charge is 0.248 e. The van der Waals surface area contributed by atoms with E-state index in [-0.39, 0.29) is 5.76 Å². The highest BCUT2D eigenvalue weighted by Gasteiger charge is 2.00. The summed E-state index contributed by atoms with van der Waals surface area (Å²) in [6, 6.07) is 6.90. The second-order valence-corrected chi connectivity index (χ2v) is 4.79. The first-order valence-electron chi connectivity index (χ1n) is 7.96. The van der Waals surface area contributed by atoms with Gasteiger partial charge in [0, 0.05) is 27.4 Å². The molecule has 0 radical (unpaired) electrons. The minimum absolute atomic E-state index is 0.00463. The van der Waals surface area contributed by atoms with Gasteiger partial charge in [-0.1, -0.05) is 55.6 Å². The monoisotopic (exact) mass is 408 g/mol. The van der Waals surface area contributed by atoms with Gasteiger partial charge in [-0.2, -0.15) is 0 Å². The quantitative estimate of drug-likeness (QED) is 0.261.